The molecule has 6 rings (SSSR count). The number of nitrogen functional groups attached to an aromatic ring is 1. The SMILES string of the molecule is C1COCCN1.Nc1ccc(F)cc1N1CCOCC1.O=[N+]([O-])c1ccc(F)cc1Br.O=[N+]([O-])c1ccc(F)cc1N1CCOCC1. The molecule has 3 aromatic carbocycles. The monoisotopic (exact) mass is 728 g/mol. The topological polar surface area (TPSA) is 158 Å². The number of ether oxygens (including phenoxy) is 3. The van der Waals surface area contributed by atoms with Crippen LogP contribution in [0.1, 0.15) is 0 Å². The lowest BCUT2D eigenvalue weighted by molar-refractivity contribution is -0.385. The zero-order chi connectivity index (χ0) is 34.2. The van der Waals surface area contributed by atoms with Crippen LogP contribution in [0.15, 0.2) is 59.1 Å². The first-order chi connectivity index (χ1) is 22.6. The third-order valence-electron chi connectivity index (χ3n) is 6.78. The van der Waals surface area contributed by atoms with E-state index in [0.29, 0.717) is 50.9 Å². The third-order valence-corrected chi connectivity index (χ3v) is 7.42. The van der Waals surface area contributed by atoms with Crippen molar-refractivity contribution >= 4 is 44.4 Å². The van der Waals surface area contributed by atoms with E-state index in [9.17, 15) is 33.4 Å². The number of rotatable bonds is 4. The highest BCUT2D eigenvalue weighted by Gasteiger charge is 2.22. The van der Waals surface area contributed by atoms with Crippen LogP contribution in [0.25, 0.3) is 0 Å². The highest BCUT2D eigenvalue weighted by atomic mass is 79.9. The number of hydrogen-bond acceptors (Lipinski definition) is 11. The van der Waals surface area contributed by atoms with E-state index in [2.05, 4.69) is 21.2 Å². The van der Waals surface area contributed by atoms with Crippen molar-refractivity contribution in [2.75, 3.05) is 94.4 Å². The fraction of sp³-hybridized carbons (Fsp3) is 0.400. The van der Waals surface area contributed by atoms with Crippen LogP contribution in [0.3, 0.4) is 0 Å². The van der Waals surface area contributed by atoms with E-state index in [1.54, 1.807) is 11.0 Å². The summed E-state index contributed by atoms with van der Waals surface area (Å²) in [7, 11) is 0. The number of nitrogens with one attached hydrogen (secondary N) is 1. The van der Waals surface area contributed by atoms with Gasteiger partial charge in [-0.3, -0.25) is 20.2 Å². The average molecular weight is 730 g/mol. The molecular weight excluding hydrogens is 693 g/mol. The van der Waals surface area contributed by atoms with Gasteiger partial charge >= 0.3 is 0 Å². The van der Waals surface area contributed by atoms with Gasteiger partial charge in [-0.2, -0.15) is 0 Å². The summed E-state index contributed by atoms with van der Waals surface area (Å²) in [6.07, 6.45) is 0. The number of halogens is 4. The van der Waals surface area contributed by atoms with Crippen molar-refractivity contribution in [1.82, 2.24) is 5.32 Å². The maximum atomic E-state index is 13.1. The number of morpholine rings is 3. The standard InChI is InChI=1S/C10H11FN2O3.C10H13FN2O.C6H3BrFNO2.C4H9NO/c11-8-1-2-9(13(14)15)10(7-8)12-3-5-16-6-4-12;11-8-1-2-9(12)10(7-8)13-3-5-14-6-4-13;7-5-3-4(8)1-2-6(5)9(10)11;1-3-6-4-2-5-1/h1-2,7H,3-6H2;1-2,7H,3-6,12H2;1-3H;5H,1-4H2. The Balaban J connectivity index is 0.000000178. The molecule has 0 radical (unpaired) electrons. The van der Waals surface area contributed by atoms with E-state index in [4.69, 9.17) is 19.9 Å². The number of nitrogens with two attached hydrogens (primary N) is 1. The summed E-state index contributed by atoms with van der Waals surface area (Å²) in [5.41, 5.74) is 7.29. The molecule has 0 unspecified atom stereocenters. The molecule has 47 heavy (non-hydrogen) atoms. The Morgan fingerprint density at radius 2 is 1.09 bits per heavy atom. The van der Waals surface area contributed by atoms with Crippen LogP contribution in [0.2, 0.25) is 0 Å². The molecule has 0 aromatic heterocycles. The van der Waals surface area contributed by atoms with Crippen LogP contribution < -0.4 is 20.9 Å². The Labute approximate surface area is 277 Å². The number of benzene rings is 3. The van der Waals surface area contributed by atoms with Crippen LogP contribution in [0.4, 0.5) is 41.6 Å². The summed E-state index contributed by atoms with van der Waals surface area (Å²) < 4.78 is 54.0. The van der Waals surface area contributed by atoms with Crippen molar-refractivity contribution in [2.24, 2.45) is 0 Å². The lowest BCUT2D eigenvalue weighted by Crippen LogP contribution is -2.36. The fourth-order valence-electron chi connectivity index (χ4n) is 4.45. The summed E-state index contributed by atoms with van der Waals surface area (Å²) in [6.45, 7) is 8.84. The lowest BCUT2D eigenvalue weighted by atomic mass is 10.2. The van der Waals surface area contributed by atoms with Gasteiger partial charge in [-0.25, -0.2) is 13.2 Å². The molecule has 3 aliphatic heterocycles. The molecule has 3 fully saturated rings. The first kappa shape index (κ1) is 37.4. The number of nitro benzene ring substituents is 2. The number of anilines is 3. The Bertz CT molecular complexity index is 1450. The predicted octanol–water partition coefficient (Wildman–Crippen LogP) is 4.92. The third kappa shape index (κ3) is 12.6. The number of nitro groups is 2. The predicted molar refractivity (Wildman–Crippen MR) is 174 cm³/mol. The van der Waals surface area contributed by atoms with Crippen LogP contribution in [-0.2, 0) is 14.2 Å². The summed E-state index contributed by atoms with van der Waals surface area (Å²) >= 11 is 2.87. The molecule has 17 heteroatoms. The van der Waals surface area contributed by atoms with Gasteiger partial charge in [0, 0.05) is 57.5 Å². The van der Waals surface area contributed by atoms with E-state index < -0.39 is 21.5 Å². The summed E-state index contributed by atoms with van der Waals surface area (Å²) in [5, 5.41) is 24.1. The normalized spacial score (nSPS) is 15.9. The number of nitrogens with zero attached hydrogens (tertiary/aromatic N) is 4. The summed E-state index contributed by atoms with van der Waals surface area (Å²) in [5.74, 6) is -1.21. The molecule has 13 nitrogen and oxygen atoms in total. The largest absolute Gasteiger partial charge is 0.397 e. The van der Waals surface area contributed by atoms with E-state index in [-0.39, 0.29) is 21.7 Å². The lowest BCUT2D eigenvalue weighted by Gasteiger charge is -2.29. The summed E-state index contributed by atoms with van der Waals surface area (Å²) in [4.78, 5) is 23.7. The molecule has 3 aliphatic rings. The first-order valence-electron chi connectivity index (χ1n) is 14.6. The minimum Gasteiger partial charge on any atom is -0.397 e. The van der Waals surface area contributed by atoms with E-state index >= 15 is 0 Å². The molecule has 0 saturated carbocycles. The average Bonchev–Trinajstić information content (AvgIpc) is 3.08. The molecule has 0 bridgehead atoms. The second kappa shape index (κ2) is 19.6. The van der Waals surface area contributed by atoms with E-state index in [1.807, 2.05) is 4.90 Å². The Hall–Kier alpha value is -4.03. The van der Waals surface area contributed by atoms with Crippen molar-refractivity contribution in [3.8, 4) is 0 Å². The van der Waals surface area contributed by atoms with Crippen LogP contribution in [0.5, 0.6) is 0 Å². The van der Waals surface area contributed by atoms with Crippen molar-refractivity contribution < 1.29 is 37.2 Å². The van der Waals surface area contributed by atoms with Crippen molar-refractivity contribution in [3.05, 3.63) is 96.8 Å². The Kier molecular flexibility index (Phi) is 15.6. The van der Waals surface area contributed by atoms with Crippen LogP contribution >= 0.6 is 15.9 Å². The minimum absolute atomic E-state index is 0.0664. The van der Waals surface area contributed by atoms with Gasteiger partial charge in [-0.1, -0.05) is 0 Å². The van der Waals surface area contributed by atoms with Gasteiger partial charge < -0.3 is 35.1 Å². The molecule has 0 amide bonds. The van der Waals surface area contributed by atoms with Gasteiger partial charge in [-0.15, -0.1) is 0 Å². The van der Waals surface area contributed by atoms with Gasteiger partial charge in [0.15, 0.2) is 0 Å². The number of hydrogen-bond donors (Lipinski definition) is 2. The first-order valence-corrected chi connectivity index (χ1v) is 15.4. The molecule has 0 spiro atoms. The highest BCUT2D eigenvalue weighted by molar-refractivity contribution is 9.10. The van der Waals surface area contributed by atoms with E-state index in [1.165, 1.54) is 24.3 Å². The van der Waals surface area contributed by atoms with Gasteiger partial charge in [0.25, 0.3) is 11.4 Å². The smallest absolute Gasteiger partial charge is 0.292 e. The van der Waals surface area contributed by atoms with E-state index in [0.717, 1.165) is 69.3 Å². The fourth-order valence-corrected chi connectivity index (χ4v) is 4.94. The Morgan fingerprint density at radius 1 is 0.660 bits per heavy atom. The Morgan fingerprint density at radius 3 is 1.53 bits per heavy atom. The van der Waals surface area contributed by atoms with Gasteiger partial charge in [0.1, 0.15) is 23.1 Å². The van der Waals surface area contributed by atoms with Crippen LogP contribution in [0, 0.1) is 37.7 Å². The molecule has 0 atom stereocenters. The quantitative estimate of drug-likeness (QED) is 0.213. The maximum absolute atomic E-state index is 13.1. The molecule has 3 N–H and O–H groups in total. The molecule has 256 valence electrons. The zero-order valence-electron chi connectivity index (χ0n) is 25.4. The minimum atomic E-state index is -0.580. The van der Waals surface area contributed by atoms with Crippen molar-refractivity contribution in [1.29, 1.82) is 0 Å². The molecule has 3 heterocycles. The highest BCUT2D eigenvalue weighted by Crippen LogP contribution is 2.29. The van der Waals surface area contributed by atoms with Crippen LogP contribution in [-0.4, -0.2) is 88.8 Å². The second-order valence-electron chi connectivity index (χ2n) is 10.0. The van der Waals surface area contributed by atoms with Crippen molar-refractivity contribution in [2.45, 2.75) is 0 Å². The molecule has 0 aliphatic carbocycles. The van der Waals surface area contributed by atoms with Gasteiger partial charge in [-0.05, 0) is 52.3 Å². The maximum Gasteiger partial charge on any atom is 0.292 e. The second-order valence-corrected chi connectivity index (χ2v) is 10.9. The summed E-state index contributed by atoms with van der Waals surface area (Å²) in [6, 6.07) is 11.1. The van der Waals surface area contributed by atoms with Gasteiger partial charge in [0.2, 0.25) is 0 Å². The van der Waals surface area contributed by atoms with Gasteiger partial charge in [0.05, 0.1) is 65.3 Å². The zero-order valence-corrected chi connectivity index (χ0v) is 27.0. The molecule has 3 saturated heterocycles. The molecular formula is C30H36BrF3N6O7. The molecule has 3 aromatic rings. The van der Waals surface area contributed by atoms with Crippen molar-refractivity contribution in [3.63, 3.8) is 0 Å².